The molecule has 0 saturated heterocycles. The third-order valence-electron chi connectivity index (χ3n) is 3.04. The van der Waals surface area contributed by atoms with E-state index >= 15 is 0 Å². The van der Waals surface area contributed by atoms with Crippen LogP contribution in [0.25, 0.3) is 0 Å². The predicted molar refractivity (Wildman–Crippen MR) is 88.4 cm³/mol. The highest BCUT2D eigenvalue weighted by atomic mass is 16.6. The lowest BCUT2D eigenvalue weighted by Crippen LogP contribution is -2.34. The molecule has 0 bridgehead atoms. The van der Waals surface area contributed by atoms with Gasteiger partial charge in [0.2, 0.25) is 0 Å². The van der Waals surface area contributed by atoms with Gasteiger partial charge < -0.3 is 5.32 Å². The summed E-state index contributed by atoms with van der Waals surface area (Å²) in [5, 5.41) is 17.4. The number of para-hydroxylation sites is 1. The zero-order valence-corrected chi connectivity index (χ0v) is 12.5. The summed E-state index contributed by atoms with van der Waals surface area (Å²) < 4.78 is 0. The van der Waals surface area contributed by atoms with Gasteiger partial charge in [0, 0.05) is 17.8 Å². The molecule has 2 rings (SSSR count). The van der Waals surface area contributed by atoms with Crippen LogP contribution in [0.15, 0.2) is 59.7 Å². The molecule has 1 atom stereocenters. The van der Waals surface area contributed by atoms with Crippen LogP contribution in [-0.4, -0.2) is 23.1 Å². The van der Waals surface area contributed by atoms with Crippen molar-refractivity contribution in [2.24, 2.45) is 5.10 Å². The van der Waals surface area contributed by atoms with Gasteiger partial charge in [-0.2, -0.15) is 5.10 Å². The van der Waals surface area contributed by atoms with Crippen LogP contribution in [0.4, 0.5) is 11.4 Å². The summed E-state index contributed by atoms with van der Waals surface area (Å²) in [6.45, 7) is 1.73. The van der Waals surface area contributed by atoms with E-state index in [-0.39, 0.29) is 11.6 Å². The number of hydrogen-bond acceptors (Lipinski definition) is 5. The van der Waals surface area contributed by atoms with Crippen LogP contribution >= 0.6 is 0 Å². The van der Waals surface area contributed by atoms with E-state index in [0.717, 1.165) is 5.69 Å². The average Bonchev–Trinajstić information content (AvgIpc) is 2.56. The molecule has 1 amide bonds. The van der Waals surface area contributed by atoms with E-state index in [0.29, 0.717) is 5.56 Å². The zero-order valence-electron chi connectivity index (χ0n) is 12.5. The van der Waals surface area contributed by atoms with Crippen molar-refractivity contribution in [3.63, 3.8) is 0 Å². The maximum Gasteiger partial charge on any atom is 0.269 e. The number of benzene rings is 2. The van der Waals surface area contributed by atoms with Gasteiger partial charge in [0.05, 0.1) is 11.1 Å². The van der Waals surface area contributed by atoms with Crippen LogP contribution in [0, 0.1) is 10.1 Å². The van der Waals surface area contributed by atoms with Crippen LogP contribution in [-0.2, 0) is 4.79 Å². The van der Waals surface area contributed by atoms with E-state index in [9.17, 15) is 14.9 Å². The van der Waals surface area contributed by atoms with Crippen molar-refractivity contribution in [2.75, 3.05) is 5.32 Å². The maximum atomic E-state index is 11.9. The predicted octanol–water partition coefficient (Wildman–Crippen LogP) is 2.55. The van der Waals surface area contributed by atoms with Crippen molar-refractivity contribution in [3.05, 3.63) is 70.3 Å². The fourth-order valence-electron chi connectivity index (χ4n) is 1.80. The lowest BCUT2D eigenvalue weighted by molar-refractivity contribution is -0.384. The molecular formula is C16H16N4O3. The lowest BCUT2D eigenvalue weighted by atomic mass is 10.2. The summed E-state index contributed by atoms with van der Waals surface area (Å²) in [6, 6.07) is 14.8. The Bertz CT molecular complexity index is 699. The number of nitro groups is 1. The van der Waals surface area contributed by atoms with Crippen LogP contribution < -0.4 is 10.7 Å². The molecule has 2 N–H and O–H groups in total. The number of carbonyl (C=O) groups is 1. The topological polar surface area (TPSA) is 96.6 Å². The van der Waals surface area contributed by atoms with Crippen molar-refractivity contribution in [2.45, 2.75) is 13.0 Å². The Morgan fingerprint density at radius 3 is 2.43 bits per heavy atom. The molecule has 0 saturated carbocycles. The van der Waals surface area contributed by atoms with Crippen LogP contribution in [0.1, 0.15) is 12.5 Å². The molecule has 118 valence electrons. The molecule has 7 nitrogen and oxygen atoms in total. The highest BCUT2D eigenvalue weighted by molar-refractivity contribution is 5.86. The van der Waals surface area contributed by atoms with Gasteiger partial charge in [-0.05, 0) is 36.8 Å². The number of nitrogens with one attached hydrogen (secondary N) is 2. The first-order valence-electron chi connectivity index (χ1n) is 6.95. The van der Waals surface area contributed by atoms with E-state index in [2.05, 4.69) is 15.8 Å². The molecular weight excluding hydrogens is 296 g/mol. The Balaban J connectivity index is 1.86. The Morgan fingerprint density at radius 1 is 1.17 bits per heavy atom. The number of hydrazone groups is 1. The van der Waals surface area contributed by atoms with E-state index in [1.807, 2.05) is 30.3 Å². The third kappa shape index (κ3) is 4.92. The van der Waals surface area contributed by atoms with E-state index < -0.39 is 11.0 Å². The average molecular weight is 312 g/mol. The van der Waals surface area contributed by atoms with Gasteiger partial charge >= 0.3 is 0 Å². The second-order valence-corrected chi connectivity index (χ2v) is 4.81. The second kappa shape index (κ2) is 7.69. The summed E-state index contributed by atoms with van der Waals surface area (Å²) in [6.07, 6.45) is 1.43. The number of nitrogens with zero attached hydrogens (tertiary/aromatic N) is 2. The Hall–Kier alpha value is -3.22. The van der Waals surface area contributed by atoms with E-state index in [1.54, 1.807) is 19.1 Å². The number of amides is 1. The van der Waals surface area contributed by atoms with Gasteiger partial charge in [0.1, 0.15) is 6.04 Å². The second-order valence-electron chi connectivity index (χ2n) is 4.81. The standard InChI is InChI=1S/C16H16N4O3/c1-12(18-14-5-3-2-4-6-14)16(21)19-17-11-13-7-9-15(10-8-13)20(22)23/h2-12,18H,1H3,(H,19,21). The van der Waals surface area contributed by atoms with Crippen molar-refractivity contribution >= 4 is 23.5 Å². The molecule has 0 fully saturated rings. The van der Waals surface area contributed by atoms with Gasteiger partial charge in [0.25, 0.3) is 11.6 Å². The largest absolute Gasteiger partial charge is 0.374 e. The minimum absolute atomic E-state index is 0.00636. The smallest absolute Gasteiger partial charge is 0.269 e. The molecule has 7 heteroatoms. The fourth-order valence-corrected chi connectivity index (χ4v) is 1.80. The van der Waals surface area contributed by atoms with Crippen LogP contribution in [0.2, 0.25) is 0 Å². The Morgan fingerprint density at radius 2 is 1.83 bits per heavy atom. The Labute approximate surface area is 133 Å². The monoisotopic (exact) mass is 312 g/mol. The highest BCUT2D eigenvalue weighted by Gasteiger charge is 2.11. The van der Waals surface area contributed by atoms with Gasteiger partial charge in [-0.3, -0.25) is 14.9 Å². The van der Waals surface area contributed by atoms with Gasteiger partial charge in [0.15, 0.2) is 0 Å². The van der Waals surface area contributed by atoms with Crippen LogP contribution in [0.3, 0.4) is 0 Å². The van der Waals surface area contributed by atoms with Gasteiger partial charge in [-0.15, -0.1) is 0 Å². The number of non-ortho nitro benzene ring substituents is 1. The van der Waals surface area contributed by atoms with Gasteiger partial charge in [-0.25, -0.2) is 5.43 Å². The normalized spacial score (nSPS) is 11.9. The summed E-state index contributed by atoms with van der Waals surface area (Å²) in [7, 11) is 0. The number of anilines is 1. The fraction of sp³-hybridized carbons (Fsp3) is 0.125. The SMILES string of the molecule is CC(Nc1ccccc1)C(=O)NN=Cc1ccc([N+](=O)[O-])cc1. The van der Waals surface area contributed by atoms with E-state index in [1.165, 1.54) is 18.3 Å². The first-order chi connectivity index (χ1) is 11.1. The molecule has 0 heterocycles. The van der Waals surface area contributed by atoms with Gasteiger partial charge in [-0.1, -0.05) is 18.2 Å². The maximum absolute atomic E-state index is 11.9. The molecule has 0 aliphatic heterocycles. The first kappa shape index (κ1) is 16.2. The number of hydrogen-bond donors (Lipinski definition) is 2. The summed E-state index contributed by atoms with van der Waals surface area (Å²) in [4.78, 5) is 22.0. The van der Waals surface area contributed by atoms with Crippen LogP contribution in [0.5, 0.6) is 0 Å². The number of nitro benzene ring substituents is 1. The molecule has 2 aromatic rings. The number of carbonyl (C=O) groups excluding carboxylic acids is 1. The van der Waals surface area contributed by atoms with Crippen molar-refractivity contribution in [3.8, 4) is 0 Å². The molecule has 0 aliphatic carbocycles. The lowest BCUT2D eigenvalue weighted by Gasteiger charge is -2.13. The van der Waals surface area contributed by atoms with Crippen molar-refractivity contribution in [1.29, 1.82) is 0 Å². The summed E-state index contributed by atoms with van der Waals surface area (Å²) in [5.74, 6) is -0.285. The molecule has 1 unspecified atom stereocenters. The van der Waals surface area contributed by atoms with E-state index in [4.69, 9.17) is 0 Å². The summed E-state index contributed by atoms with van der Waals surface area (Å²) in [5.41, 5.74) is 3.92. The highest BCUT2D eigenvalue weighted by Crippen LogP contribution is 2.10. The third-order valence-corrected chi connectivity index (χ3v) is 3.04. The number of rotatable bonds is 6. The molecule has 2 aromatic carbocycles. The molecule has 0 spiro atoms. The Kier molecular flexibility index (Phi) is 5.40. The molecule has 0 aliphatic rings. The van der Waals surface area contributed by atoms with Crippen molar-refractivity contribution in [1.82, 2.24) is 5.43 Å². The first-order valence-corrected chi connectivity index (χ1v) is 6.95. The molecule has 23 heavy (non-hydrogen) atoms. The minimum atomic E-state index is -0.473. The summed E-state index contributed by atoms with van der Waals surface area (Å²) >= 11 is 0. The minimum Gasteiger partial charge on any atom is -0.374 e. The zero-order chi connectivity index (χ0) is 16.7. The van der Waals surface area contributed by atoms with Crippen molar-refractivity contribution < 1.29 is 9.72 Å². The quantitative estimate of drug-likeness (QED) is 0.486. The molecule has 0 aromatic heterocycles. The molecule has 0 radical (unpaired) electrons.